The molecule has 1 amide bonds. The van der Waals surface area contributed by atoms with Gasteiger partial charge in [-0.25, -0.2) is 13.2 Å². The molecule has 0 bridgehead atoms. The van der Waals surface area contributed by atoms with Gasteiger partial charge >= 0.3 is 5.97 Å². The van der Waals surface area contributed by atoms with Crippen LogP contribution in [0.2, 0.25) is 5.02 Å². The summed E-state index contributed by atoms with van der Waals surface area (Å²) >= 11 is 6.01. The summed E-state index contributed by atoms with van der Waals surface area (Å²) < 4.78 is 36.0. The quantitative estimate of drug-likeness (QED) is 0.656. The lowest BCUT2D eigenvalue weighted by Gasteiger charge is -2.19. The Hall–Kier alpha value is -2.43. The molecule has 2 aromatic rings. The third-order valence-corrected chi connectivity index (χ3v) is 6.06. The summed E-state index contributed by atoms with van der Waals surface area (Å²) in [5.74, 6) is -1.31. The first-order valence-corrected chi connectivity index (χ1v) is 9.78. The van der Waals surface area contributed by atoms with E-state index in [2.05, 4.69) is 15.0 Å². The Morgan fingerprint density at radius 3 is 2.56 bits per heavy atom. The molecule has 0 aliphatic rings. The van der Waals surface area contributed by atoms with Crippen LogP contribution < -0.4 is 5.32 Å². The number of nitrogens with one attached hydrogen (secondary N) is 1. The first-order valence-electron chi connectivity index (χ1n) is 7.96. The van der Waals surface area contributed by atoms with Gasteiger partial charge in [-0.3, -0.25) is 4.79 Å². The smallest absolute Gasteiger partial charge is 0.338 e. The molecule has 9 nitrogen and oxygen atoms in total. The highest BCUT2D eigenvalue weighted by Crippen LogP contribution is 2.26. The lowest BCUT2D eigenvalue weighted by molar-refractivity contribution is -0.119. The van der Waals surface area contributed by atoms with Gasteiger partial charge in [0.15, 0.2) is 12.4 Å². The molecule has 1 N–H and O–H groups in total. The van der Waals surface area contributed by atoms with Gasteiger partial charge in [0, 0.05) is 19.2 Å². The average molecular weight is 416 g/mol. The number of hydrogen-bond acceptors (Lipinski definition) is 7. The maximum atomic E-state index is 12.6. The van der Waals surface area contributed by atoms with Crippen molar-refractivity contribution in [3.8, 4) is 0 Å². The van der Waals surface area contributed by atoms with Gasteiger partial charge in [0.2, 0.25) is 10.0 Å². The van der Waals surface area contributed by atoms with Gasteiger partial charge in [0.25, 0.3) is 5.91 Å². The Morgan fingerprint density at radius 2 is 1.96 bits per heavy atom. The number of esters is 1. The zero-order valence-electron chi connectivity index (χ0n) is 14.6. The Kier molecular flexibility index (Phi) is 6.94. The van der Waals surface area contributed by atoms with Crippen molar-refractivity contribution in [2.75, 3.05) is 25.0 Å². The van der Waals surface area contributed by atoms with Gasteiger partial charge in [-0.05, 0) is 18.2 Å². The summed E-state index contributed by atoms with van der Waals surface area (Å²) in [5, 5.41) is 5.84. The van der Waals surface area contributed by atoms with Crippen molar-refractivity contribution >= 4 is 39.3 Å². The third-order valence-electron chi connectivity index (χ3n) is 3.53. The fourth-order valence-electron chi connectivity index (χ4n) is 2.20. The van der Waals surface area contributed by atoms with Crippen LogP contribution in [0.4, 0.5) is 5.82 Å². The zero-order chi connectivity index (χ0) is 20.0. The molecule has 0 saturated carbocycles. The molecule has 0 fully saturated rings. The summed E-state index contributed by atoms with van der Waals surface area (Å²) in [6.45, 7) is 3.33. The molecule has 0 unspecified atom stereocenters. The summed E-state index contributed by atoms with van der Waals surface area (Å²) in [5.41, 5.74) is -0.0423. The largest absolute Gasteiger partial charge is 0.452 e. The van der Waals surface area contributed by atoms with E-state index in [0.717, 1.165) is 6.07 Å². The minimum Gasteiger partial charge on any atom is -0.452 e. The number of sulfonamides is 1. The Balaban J connectivity index is 2.12. The van der Waals surface area contributed by atoms with Gasteiger partial charge < -0.3 is 14.6 Å². The van der Waals surface area contributed by atoms with E-state index in [0.29, 0.717) is 0 Å². The molecule has 0 aliphatic carbocycles. The molecule has 2 rings (SSSR count). The van der Waals surface area contributed by atoms with Crippen molar-refractivity contribution in [2.24, 2.45) is 0 Å². The predicted molar refractivity (Wildman–Crippen MR) is 97.0 cm³/mol. The monoisotopic (exact) mass is 415 g/mol. The summed E-state index contributed by atoms with van der Waals surface area (Å²) in [6, 6.07) is 5.17. The van der Waals surface area contributed by atoms with Gasteiger partial charge in [0.05, 0.1) is 10.6 Å². The average Bonchev–Trinajstić information content (AvgIpc) is 3.13. The highest BCUT2D eigenvalue weighted by molar-refractivity contribution is 7.89. The number of halogens is 1. The van der Waals surface area contributed by atoms with Gasteiger partial charge in [0.1, 0.15) is 11.2 Å². The Bertz CT molecular complexity index is 910. The maximum absolute atomic E-state index is 12.6. The molecular weight excluding hydrogens is 398 g/mol. The van der Waals surface area contributed by atoms with Crippen LogP contribution in [0.5, 0.6) is 0 Å². The van der Waals surface area contributed by atoms with Crippen molar-refractivity contribution in [1.29, 1.82) is 0 Å². The number of benzene rings is 1. The number of rotatable bonds is 8. The first kappa shape index (κ1) is 20.9. The van der Waals surface area contributed by atoms with Gasteiger partial charge in [-0.1, -0.05) is 30.6 Å². The molecule has 0 atom stereocenters. The topological polar surface area (TPSA) is 119 Å². The van der Waals surface area contributed by atoms with Crippen molar-refractivity contribution < 1.29 is 27.3 Å². The second-order valence-corrected chi connectivity index (χ2v) is 7.56. The minimum atomic E-state index is -3.86. The molecule has 0 spiro atoms. The van der Waals surface area contributed by atoms with E-state index < -0.39 is 28.5 Å². The molecule has 27 heavy (non-hydrogen) atoms. The zero-order valence-corrected chi connectivity index (χ0v) is 16.2. The highest BCUT2D eigenvalue weighted by Gasteiger charge is 2.26. The number of anilines is 1. The number of ether oxygens (including phenoxy) is 1. The Morgan fingerprint density at radius 1 is 1.26 bits per heavy atom. The SMILES string of the molecule is CCN(CC)S(=O)(=O)c1cc(C(=O)OCC(=O)Nc2ccon2)ccc1Cl. The number of carbonyl (C=O) groups excluding carboxylic acids is 2. The van der Waals surface area contributed by atoms with E-state index in [1.54, 1.807) is 13.8 Å². The van der Waals surface area contributed by atoms with Crippen LogP contribution in [0.3, 0.4) is 0 Å². The summed E-state index contributed by atoms with van der Waals surface area (Å²) in [6.07, 6.45) is 1.27. The van der Waals surface area contributed by atoms with Crippen molar-refractivity contribution in [3.63, 3.8) is 0 Å². The lowest BCUT2D eigenvalue weighted by Crippen LogP contribution is -2.31. The normalized spacial score (nSPS) is 11.4. The number of hydrogen-bond donors (Lipinski definition) is 1. The van der Waals surface area contributed by atoms with Crippen LogP contribution in [0.15, 0.2) is 39.9 Å². The Labute approximate surface area is 161 Å². The molecule has 0 saturated heterocycles. The van der Waals surface area contributed by atoms with Crippen molar-refractivity contribution in [2.45, 2.75) is 18.7 Å². The van der Waals surface area contributed by atoms with Gasteiger partial charge in [-0.2, -0.15) is 4.31 Å². The number of amides is 1. The molecule has 0 radical (unpaired) electrons. The van der Waals surface area contributed by atoms with Crippen molar-refractivity contribution in [3.05, 3.63) is 41.1 Å². The molecule has 1 aromatic carbocycles. The van der Waals surface area contributed by atoms with E-state index in [9.17, 15) is 18.0 Å². The number of aromatic nitrogens is 1. The summed E-state index contributed by atoms with van der Waals surface area (Å²) in [7, 11) is -3.86. The number of carbonyl (C=O) groups is 2. The molecule has 1 heterocycles. The standard InChI is InChI=1S/C16H18ClN3O6S/c1-3-20(4-2)27(23,24)13-9-11(5-6-12(13)17)16(22)25-10-15(21)18-14-7-8-26-19-14/h5-9H,3-4,10H2,1-2H3,(H,18,19,21). The van der Waals surface area contributed by atoms with Crippen LogP contribution in [0.1, 0.15) is 24.2 Å². The van der Waals surface area contributed by atoms with E-state index in [1.165, 1.54) is 28.8 Å². The first-order chi connectivity index (χ1) is 12.8. The molecule has 146 valence electrons. The van der Waals surface area contributed by atoms with E-state index >= 15 is 0 Å². The van der Waals surface area contributed by atoms with Crippen LogP contribution in [-0.4, -0.2) is 49.5 Å². The minimum absolute atomic E-state index is 0.0118. The highest BCUT2D eigenvalue weighted by atomic mass is 35.5. The van der Waals surface area contributed by atoms with Crippen molar-refractivity contribution in [1.82, 2.24) is 9.46 Å². The predicted octanol–water partition coefficient (Wildman–Crippen LogP) is 2.15. The second-order valence-electron chi connectivity index (χ2n) is 5.24. The van der Waals surface area contributed by atoms with Gasteiger partial charge in [-0.15, -0.1) is 0 Å². The summed E-state index contributed by atoms with van der Waals surface area (Å²) in [4.78, 5) is 23.7. The molecule has 1 aromatic heterocycles. The van der Waals surface area contributed by atoms with E-state index in [-0.39, 0.29) is 34.4 Å². The van der Waals surface area contributed by atoms with Crippen LogP contribution >= 0.6 is 11.6 Å². The lowest BCUT2D eigenvalue weighted by atomic mass is 10.2. The molecular formula is C16H18ClN3O6S. The second kappa shape index (κ2) is 8.98. The maximum Gasteiger partial charge on any atom is 0.338 e. The van der Waals surface area contributed by atoms with E-state index in [1.807, 2.05) is 0 Å². The number of nitrogens with zero attached hydrogens (tertiary/aromatic N) is 2. The fourth-order valence-corrected chi connectivity index (χ4v) is 4.16. The van der Waals surface area contributed by atoms with Crippen LogP contribution in [0.25, 0.3) is 0 Å². The van der Waals surface area contributed by atoms with E-state index in [4.69, 9.17) is 16.3 Å². The van der Waals surface area contributed by atoms with Crippen LogP contribution in [0, 0.1) is 0 Å². The third kappa shape index (κ3) is 5.06. The molecule has 0 aliphatic heterocycles. The molecule has 11 heteroatoms. The van der Waals surface area contributed by atoms with Crippen LogP contribution in [-0.2, 0) is 19.6 Å². The fraction of sp³-hybridized carbons (Fsp3) is 0.312.